The Morgan fingerprint density at radius 3 is 2.59 bits per heavy atom. The number of halogens is 1. The van der Waals surface area contributed by atoms with E-state index in [1.165, 1.54) is 14.0 Å². The van der Waals surface area contributed by atoms with Crippen LogP contribution in [-0.2, 0) is 9.59 Å². The average Bonchev–Trinajstić information content (AvgIpc) is 2.89. The van der Waals surface area contributed by atoms with Crippen LogP contribution in [0.2, 0.25) is 5.02 Å². The highest BCUT2D eigenvalue weighted by atomic mass is 35.5. The first-order valence-electron chi connectivity index (χ1n) is 7.79. The predicted molar refractivity (Wildman–Crippen MR) is 104 cm³/mol. The third kappa shape index (κ3) is 4.15. The van der Waals surface area contributed by atoms with Crippen LogP contribution >= 0.6 is 23.4 Å². The van der Waals surface area contributed by atoms with E-state index in [4.69, 9.17) is 21.1 Å². The number of anilines is 1. The number of imide groups is 1. The zero-order valence-corrected chi connectivity index (χ0v) is 16.0. The SMILES string of the molecule is COc1cc(/C=C2/SC(=O)N(c3cccc(Cl)c3)C2=O)ccc1OC(C)=O. The monoisotopic (exact) mass is 403 g/mol. The summed E-state index contributed by atoms with van der Waals surface area (Å²) < 4.78 is 10.3. The number of thioether (sulfide) groups is 1. The summed E-state index contributed by atoms with van der Waals surface area (Å²) in [6.45, 7) is 1.29. The molecule has 0 aromatic heterocycles. The highest BCUT2D eigenvalue weighted by Crippen LogP contribution is 2.37. The lowest BCUT2D eigenvalue weighted by Gasteiger charge is -2.12. The standard InChI is InChI=1S/C19H14ClNO5S/c1-11(22)26-15-7-6-12(8-16(15)25-2)9-17-18(23)21(19(24)27-17)14-5-3-4-13(20)10-14/h3-10H,1-2H3/b17-9+. The minimum absolute atomic E-state index is 0.266. The molecule has 2 aromatic rings. The molecule has 138 valence electrons. The Labute approximate surface area is 164 Å². The van der Waals surface area contributed by atoms with E-state index in [1.807, 2.05) is 0 Å². The second-order valence-electron chi connectivity index (χ2n) is 5.50. The maximum absolute atomic E-state index is 12.7. The van der Waals surface area contributed by atoms with Gasteiger partial charge in [-0.15, -0.1) is 0 Å². The molecule has 2 amide bonds. The molecule has 1 heterocycles. The lowest BCUT2D eigenvalue weighted by atomic mass is 10.2. The summed E-state index contributed by atoms with van der Waals surface area (Å²) in [5.41, 5.74) is 1.04. The van der Waals surface area contributed by atoms with Crippen molar-refractivity contribution in [3.05, 3.63) is 58.0 Å². The first kappa shape index (κ1) is 19.0. The first-order valence-corrected chi connectivity index (χ1v) is 8.98. The number of rotatable bonds is 4. The van der Waals surface area contributed by atoms with E-state index < -0.39 is 17.1 Å². The number of carbonyl (C=O) groups excluding carboxylic acids is 3. The van der Waals surface area contributed by atoms with E-state index in [1.54, 1.807) is 48.5 Å². The minimum atomic E-state index is -0.469. The lowest BCUT2D eigenvalue weighted by molar-refractivity contribution is -0.132. The van der Waals surface area contributed by atoms with Crippen molar-refractivity contribution in [2.24, 2.45) is 0 Å². The van der Waals surface area contributed by atoms with Crippen LogP contribution < -0.4 is 14.4 Å². The number of benzene rings is 2. The van der Waals surface area contributed by atoms with Crippen LogP contribution in [0.5, 0.6) is 11.5 Å². The van der Waals surface area contributed by atoms with Crippen LogP contribution in [0.4, 0.5) is 10.5 Å². The molecular formula is C19H14ClNO5S. The number of amides is 2. The molecule has 0 saturated carbocycles. The largest absolute Gasteiger partial charge is 0.493 e. The van der Waals surface area contributed by atoms with Gasteiger partial charge in [0.1, 0.15) is 0 Å². The number of methoxy groups -OCH3 is 1. The zero-order valence-electron chi connectivity index (χ0n) is 14.4. The number of esters is 1. The maximum Gasteiger partial charge on any atom is 0.308 e. The van der Waals surface area contributed by atoms with Crippen molar-refractivity contribution in [2.45, 2.75) is 6.92 Å². The molecule has 2 aromatic carbocycles. The molecule has 1 saturated heterocycles. The first-order chi connectivity index (χ1) is 12.9. The van der Waals surface area contributed by atoms with Gasteiger partial charge >= 0.3 is 5.97 Å². The van der Waals surface area contributed by atoms with Gasteiger partial charge in [0.25, 0.3) is 11.1 Å². The molecule has 0 unspecified atom stereocenters. The van der Waals surface area contributed by atoms with Gasteiger partial charge in [-0.1, -0.05) is 23.7 Å². The minimum Gasteiger partial charge on any atom is -0.493 e. The van der Waals surface area contributed by atoms with Crippen molar-refractivity contribution in [3.63, 3.8) is 0 Å². The van der Waals surface area contributed by atoms with Crippen LogP contribution in [-0.4, -0.2) is 24.2 Å². The summed E-state index contributed by atoms with van der Waals surface area (Å²) >= 11 is 6.78. The highest BCUT2D eigenvalue weighted by Gasteiger charge is 2.36. The molecule has 3 rings (SSSR count). The van der Waals surface area contributed by atoms with Gasteiger partial charge in [-0.25, -0.2) is 4.90 Å². The molecule has 0 aliphatic carbocycles. The smallest absolute Gasteiger partial charge is 0.308 e. The van der Waals surface area contributed by atoms with E-state index >= 15 is 0 Å². The number of hydrogen-bond donors (Lipinski definition) is 0. The highest BCUT2D eigenvalue weighted by molar-refractivity contribution is 8.19. The van der Waals surface area contributed by atoms with Crippen LogP contribution in [0.15, 0.2) is 47.4 Å². The average molecular weight is 404 g/mol. The van der Waals surface area contributed by atoms with Gasteiger partial charge in [-0.2, -0.15) is 0 Å². The van der Waals surface area contributed by atoms with Gasteiger partial charge in [-0.3, -0.25) is 14.4 Å². The summed E-state index contributed by atoms with van der Waals surface area (Å²) in [6, 6.07) is 11.4. The summed E-state index contributed by atoms with van der Waals surface area (Å²) in [4.78, 5) is 37.4. The van der Waals surface area contributed by atoms with Crippen LogP contribution in [0, 0.1) is 0 Å². The summed E-state index contributed by atoms with van der Waals surface area (Å²) in [7, 11) is 1.44. The molecule has 1 fully saturated rings. The second kappa shape index (κ2) is 7.85. The van der Waals surface area contributed by atoms with Crippen LogP contribution in [0.1, 0.15) is 12.5 Å². The number of nitrogens with zero attached hydrogens (tertiary/aromatic N) is 1. The number of carbonyl (C=O) groups is 3. The Balaban J connectivity index is 1.90. The molecule has 27 heavy (non-hydrogen) atoms. The van der Waals surface area contributed by atoms with Crippen molar-refractivity contribution in [1.82, 2.24) is 0 Å². The normalized spacial score (nSPS) is 15.4. The third-order valence-corrected chi connectivity index (χ3v) is 4.70. The predicted octanol–water partition coefficient (Wildman–Crippen LogP) is 4.51. The van der Waals surface area contributed by atoms with Crippen molar-refractivity contribution >= 4 is 52.2 Å². The van der Waals surface area contributed by atoms with E-state index in [-0.39, 0.29) is 10.7 Å². The van der Waals surface area contributed by atoms with E-state index in [0.29, 0.717) is 22.0 Å². The third-order valence-electron chi connectivity index (χ3n) is 3.60. The topological polar surface area (TPSA) is 72.9 Å². The van der Waals surface area contributed by atoms with Crippen LogP contribution in [0.25, 0.3) is 6.08 Å². The molecule has 1 aliphatic heterocycles. The lowest BCUT2D eigenvalue weighted by Crippen LogP contribution is -2.27. The Bertz CT molecular complexity index is 972. The summed E-state index contributed by atoms with van der Waals surface area (Å²) in [6.07, 6.45) is 1.58. The quantitative estimate of drug-likeness (QED) is 0.424. The summed E-state index contributed by atoms with van der Waals surface area (Å²) in [5, 5.41) is 0.0262. The van der Waals surface area contributed by atoms with Crippen LogP contribution in [0.3, 0.4) is 0 Å². The van der Waals surface area contributed by atoms with Gasteiger partial charge in [0.05, 0.1) is 17.7 Å². The molecule has 0 N–H and O–H groups in total. The van der Waals surface area contributed by atoms with E-state index in [0.717, 1.165) is 16.7 Å². The van der Waals surface area contributed by atoms with Gasteiger partial charge in [0, 0.05) is 11.9 Å². The molecule has 8 heteroatoms. The zero-order chi connectivity index (χ0) is 19.6. The van der Waals surface area contributed by atoms with Gasteiger partial charge in [-0.05, 0) is 53.7 Å². The van der Waals surface area contributed by atoms with Crippen molar-refractivity contribution in [2.75, 3.05) is 12.0 Å². The molecule has 0 radical (unpaired) electrons. The molecule has 6 nitrogen and oxygen atoms in total. The van der Waals surface area contributed by atoms with Crippen molar-refractivity contribution < 1.29 is 23.9 Å². The molecule has 1 aliphatic rings. The fraction of sp³-hybridized carbons (Fsp3) is 0.105. The molecule has 0 atom stereocenters. The fourth-order valence-electron chi connectivity index (χ4n) is 2.47. The van der Waals surface area contributed by atoms with E-state index in [9.17, 15) is 14.4 Å². The van der Waals surface area contributed by atoms with E-state index in [2.05, 4.69) is 0 Å². The summed E-state index contributed by atoms with van der Waals surface area (Å²) in [5.74, 6) is -0.291. The van der Waals surface area contributed by atoms with Crippen molar-refractivity contribution in [3.8, 4) is 11.5 Å². The fourth-order valence-corrected chi connectivity index (χ4v) is 3.50. The Morgan fingerprint density at radius 1 is 1.15 bits per heavy atom. The van der Waals surface area contributed by atoms with Gasteiger partial charge in [0.2, 0.25) is 0 Å². The van der Waals surface area contributed by atoms with Gasteiger partial charge in [0.15, 0.2) is 11.5 Å². The Morgan fingerprint density at radius 2 is 1.93 bits per heavy atom. The molecule has 0 bridgehead atoms. The number of ether oxygens (including phenoxy) is 2. The Kier molecular flexibility index (Phi) is 5.53. The van der Waals surface area contributed by atoms with Crippen molar-refractivity contribution in [1.29, 1.82) is 0 Å². The maximum atomic E-state index is 12.7. The molecule has 0 spiro atoms. The Hall–Kier alpha value is -2.77. The second-order valence-corrected chi connectivity index (χ2v) is 6.93. The van der Waals surface area contributed by atoms with Gasteiger partial charge < -0.3 is 9.47 Å². The molecular weight excluding hydrogens is 390 g/mol. The number of hydrogen-bond acceptors (Lipinski definition) is 6.